The summed E-state index contributed by atoms with van der Waals surface area (Å²) < 4.78 is 9.19. The van der Waals surface area contributed by atoms with Crippen molar-refractivity contribution in [2.24, 2.45) is 0 Å². The van der Waals surface area contributed by atoms with E-state index in [1.807, 2.05) is 6.08 Å². The molecule has 0 aliphatic rings. The molecule has 0 aromatic heterocycles. The van der Waals surface area contributed by atoms with Crippen molar-refractivity contribution >= 4 is 30.9 Å². The molecule has 0 saturated heterocycles. The molecule has 0 aliphatic carbocycles. The van der Waals surface area contributed by atoms with Gasteiger partial charge in [-0.1, -0.05) is 32.8 Å². The third-order valence-corrected chi connectivity index (χ3v) is 7.89. The van der Waals surface area contributed by atoms with Crippen LogP contribution in [0.4, 0.5) is 0 Å². The Morgan fingerprint density at radius 3 is 2.38 bits per heavy atom. The molecule has 1 unspecified atom stereocenters. The van der Waals surface area contributed by atoms with E-state index in [0.29, 0.717) is 0 Å². The molecule has 0 aromatic rings. The Morgan fingerprint density at radius 2 is 2.00 bits per heavy atom. The lowest BCUT2D eigenvalue weighted by Crippen LogP contribution is -2.43. The number of hydrogen-bond acceptors (Lipinski definition) is 1. The lowest BCUT2D eigenvalue weighted by atomic mass is 10.2. The summed E-state index contributed by atoms with van der Waals surface area (Å²) in [5.41, 5.74) is 0. The van der Waals surface area contributed by atoms with Crippen LogP contribution in [0.1, 0.15) is 33.6 Å². The molecular formula is C13H23IOSi. The number of halogens is 1. The van der Waals surface area contributed by atoms with Gasteiger partial charge in [-0.2, -0.15) is 0 Å². The quantitative estimate of drug-likeness (QED) is 0.301. The first-order valence-electron chi connectivity index (χ1n) is 5.64. The fourth-order valence-corrected chi connectivity index (χ4v) is 2.61. The van der Waals surface area contributed by atoms with Crippen LogP contribution in [-0.4, -0.2) is 14.4 Å². The Morgan fingerprint density at radius 1 is 1.44 bits per heavy atom. The van der Waals surface area contributed by atoms with Crippen LogP contribution in [0, 0.1) is 9.85 Å². The van der Waals surface area contributed by atoms with Crippen molar-refractivity contribution < 1.29 is 4.43 Å². The highest BCUT2D eigenvalue weighted by molar-refractivity contribution is 14.1. The molecular weight excluding hydrogens is 327 g/mol. The summed E-state index contributed by atoms with van der Waals surface area (Å²) in [6.45, 7) is 15.0. The molecule has 0 radical (unpaired) electrons. The summed E-state index contributed by atoms with van der Waals surface area (Å²) in [7, 11) is -1.70. The van der Waals surface area contributed by atoms with E-state index in [9.17, 15) is 0 Å². The molecule has 0 fully saturated rings. The van der Waals surface area contributed by atoms with Gasteiger partial charge in [0.25, 0.3) is 0 Å². The van der Waals surface area contributed by atoms with Gasteiger partial charge in [0.05, 0.1) is 0 Å². The minimum absolute atomic E-state index is 0.0655. The van der Waals surface area contributed by atoms with Crippen molar-refractivity contribution in [2.45, 2.75) is 57.8 Å². The van der Waals surface area contributed by atoms with E-state index in [1.165, 1.54) is 0 Å². The van der Waals surface area contributed by atoms with Gasteiger partial charge in [0.2, 0.25) is 0 Å². The highest BCUT2D eigenvalue weighted by atomic mass is 127. The Labute approximate surface area is 115 Å². The Bertz CT molecular complexity index is 281. The fraction of sp³-hybridized carbons (Fsp3) is 0.692. The summed E-state index contributed by atoms with van der Waals surface area (Å²) >= 11 is 2.08. The van der Waals surface area contributed by atoms with Crippen molar-refractivity contribution in [1.29, 1.82) is 0 Å². The van der Waals surface area contributed by atoms with Crippen molar-refractivity contribution in [1.82, 2.24) is 0 Å². The standard InChI is InChI=1S/C13H23IOSi/c1-7-8-9-12(10-11-14)15-16(5,6)13(2,3)4/h7,12H,1,8-9H2,2-6H3. The molecule has 92 valence electrons. The molecule has 1 nitrogen and oxygen atoms in total. The number of hydrogen-bond donors (Lipinski definition) is 0. The van der Waals surface area contributed by atoms with Crippen LogP contribution < -0.4 is 0 Å². The summed E-state index contributed by atoms with van der Waals surface area (Å²) in [4.78, 5) is 0. The zero-order chi connectivity index (χ0) is 12.8. The zero-order valence-electron chi connectivity index (χ0n) is 11.1. The minimum atomic E-state index is -1.70. The Hall–Kier alpha value is 0.207. The maximum Gasteiger partial charge on any atom is 0.193 e. The molecule has 0 N–H and O–H groups in total. The molecule has 0 bridgehead atoms. The lowest BCUT2D eigenvalue weighted by molar-refractivity contribution is 0.225. The van der Waals surface area contributed by atoms with E-state index in [2.05, 4.69) is 72.9 Å². The van der Waals surface area contributed by atoms with E-state index in [4.69, 9.17) is 4.43 Å². The molecule has 0 heterocycles. The first-order valence-corrected chi connectivity index (χ1v) is 9.63. The van der Waals surface area contributed by atoms with Crippen LogP contribution in [0.15, 0.2) is 12.7 Å². The van der Waals surface area contributed by atoms with E-state index in [-0.39, 0.29) is 11.1 Å². The van der Waals surface area contributed by atoms with E-state index in [0.717, 1.165) is 12.8 Å². The van der Waals surface area contributed by atoms with Gasteiger partial charge >= 0.3 is 0 Å². The zero-order valence-corrected chi connectivity index (χ0v) is 14.2. The second-order valence-electron chi connectivity index (χ2n) is 5.47. The number of rotatable bonds is 5. The molecule has 0 saturated carbocycles. The second-order valence-corrected chi connectivity index (χ2v) is 10.8. The van der Waals surface area contributed by atoms with Crippen molar-refractivity contribution in [3.63, 3.8) is 0 Å². The molecule has 1 atom stereocenters. The SMILES string of the molecule is C=CCCC(C#CI)O[Si](C)(C)C(C)(C)C. The van der Waals surface area contributed by atoms with Crippen LogP contribution in [0.5, 0.6) is 0 Å². The normalized spacial score (nSPS) is 13.9. The van der Waals surface area contributed by atoms with Crippen LogP contribution in [0.3, 0.4) is 0 Å². The largest absolute Gasteiger partial charge is 0.403 e. The maximum absolute atomic E-state index is 6.26. The van der Waals surface area contributed by atoms with Gasteiger partial charge in [-0.25, -0.2) is 0 Å². The predicted molar refractivity (Wildman–Crippen MR) is 83.3 cm³/mol. The van der Waals surface area contributed by atoms with Crippen LogP contribution >= 0.6 is 22.6 Å². The molecule has 0 aromatic carbocycles. The first-order chi connectivity index (χ1) is 7.24. The second kappa shape index (κ2) is 6.82. The van der Waals surface area contributed by atoms with Crippen molar-refractivity contribution in [3.05, 3.63) is 12.7 Å². The summed E-state index contributed by atoms with van der Waals surface area (Å²) in [6, 6.07) is 0. The smallest absolute Gasteiger partial charge is 0.193 e. The van der Waals surface area contributed by atoms with Gasteiger partial charge in [-0.3, -0.25) is 0 Å². The van der Waals surface area contributed by atoms with Gasteiger partial charge in [0.1, 0.15) is 6.10 Å². The predicted octanol–water partition coefficient (Wildman–Crippen LogP) is 4.74. The topological polar surface area (TPSA) is 9.23 Å². The van der Waals surface area contributed by atoms with E-state index < -0.39 is 8.32 Å². The molecule has 0 rings (SSSR count). The summed E-state index contributed by atoms with van der Waals surface area (Å²) in [6.07, 6.45) is 3.91. The fourth-order valence-electron chi connectivity index (χ4n) is 1.02. The third kappa shape index (κ3) is 5.51. The highest BCUT2D eigenvalue weighted by Gasteiger charge is 2.38. The highest BCUT2D eigenvalue weighted by Crippen LogP contribution is 2.37. The molecule has 0 amide bonds. The van der Waals surface area contributed by atoms with Gasteiger partial charge in [0.15, 0.2) is 8.32 Å². The summed E-state index contributed by atoms with van der Waals surface area (Å²) in [5, 5.41) is 0.242. The van der Waals surface area contributed by atoms with Gasteiger partial charge in [-0.05, 0) is 34.9 Å². The third-order valence-electron chi connectivity index (χ3n) is 3.09. The van der Waals surface area contributed by atoms with Gasteiger partial charge < -0.3 is 4.43 Å². The number of allylic oxidation sites excluding steroid dienone is 1. The average molecular weight is 350 g/mol. The first kappa shape index (κ1) is 16.2. The molecule has 16 heavy (non-hydrogen) atoms. The lowest BCUT2D eigenvalue weighted by Gasteiger charge is -2.38. The van der Waals surface area contributed by atoms with E-state index in [1.54, 1.807) is 0 Å². The van der Waals surface area contributed by atoms with Crippen LogP contribution in [-0.2, 0) is 4.43 Å². The Kier molecular flexibility index (Phi) is 6.91. The monoisotopic (exact) mass is 350 g/mol. The van der Waals surface area contributed by atoms with E-state index >= 15 is 0 Å². The van der Waals surface area contributed by atoms with Crippen molar-refractivity contribution in [3.8, 4) is 9.85 Å². The molecule has 0 aliphatic heterocycles. The van der Waals surface area contributed by atoms with Crippen molar-refractivity contribution in [2.75, 3.05) is 0 Å². The molecule has 0 spiro atoms. The molecule has 3 heteroatoms. The van der Waals surface area contributed by atoms with Gasteiger partial charge in [0, 0.05) is 22.6 Å². The van der Waals surface area contributed by atoms with Crippen LogP contribution in [0.2, 0.25) is 18.1 Å². The maximum atomic E-state index is 6.26. The summed E-state index contributed by atoms with van der Waals surface area (Å²) in [5.74, 6) is 3.15. The van der Waals surface area contributed by atoms with Gasteiger partial charge in [-0.15, -0.1) is 6.58 Å². The van der Waals surface area contributed by atoms with Crippen LogP contribution in [0.25, 0.3) is 0 Å². The average Bonchev–Trinajstić information content (AvgIpc) is 2.12. The minimum Gasteiger partial charge on any atom is -0.403 e. The Balaban J connectivity index is 4.59.